The molecule has 0 bridgehead atoms. The lowest BCUT2D eigenvalue weighted by atomic mass is 10.0. The van der Waals surface area contributed by atoms with Crippen LogP contribution in [0, 0.1) is 0 Å². The summed E-state index contributed by atoms with van der Waals surface area (Å²) in [7, 11) is 0. The first kappa shape index (κ1) is 7.58. The van der Waals surface area contributed by atoms with E-state index >= 15 is 0 Å². The third kappa shape index (κ3) is 1.49. The Hall–Kier alpha value is -0.530. The Morgan fingerprint density at radius 3 is 2.90 bits per heavy atom. The molecular weight excluding hydrogens is 124 g/mol. The molecule has 1 N–H and O–H groups in total. The third-order valence-corrected chi connectivity index (χ3v) is 2.04. The van der Waals surface area contributed by atoms with Crippen LogP contribution in [-0.4, -0.2) is 18.4 Å². The predicted molar refractivity (Wildman–Crippen MR) is 44.4 cm³/mol. The summed E-state index contributed by atoms with van der Waals surface area (Å²) in [6, 6.07) is 1.16. The van der Waals surface area contributed by atoms with Crippen LogP contribution in [0.4, 0.5) is 0 Å². The second-order valence-corrected chi connectivity index (χ2v) is 2.82. The molecule has 1 aliphatic rings. The van der Waals surface area contributed by atoms with E-state index in [1.807, 2.05) is 6.34 Å². The molecule has 2 nitrogen and oxygen atoms in total. The van der Waals surface area contributed by atoms with Crippen LogP contribution >= 0.6 is 0 Å². The molecule has 0 saturated heterocycles. The van der Waals surface area contributed by atoms with E-state index in [2.05, 4.69) is 24.2 Å². The fourth-order valence-electron chi connectivity index (χ4n) is 1.41. The van der Waals surface area contributed by atoms with Crippen molar-refractivity contribution in [2.24, 2.45) is 4.99 Å². The van der Waals surface area contributed by atoms with E-state index < -0.39 is 0 Å². The van der Waals surface area contributed by atoms with Gasteiger partial charge in [-0.1, -0.05) is 20.3 Å². The smallest absolute Gasteiger partial charge is 0.0831 e. The summed E-state index contributed by atoms with van der Waals surface area (Å²) in [5.74, 6) is 0. The first-order chi connectivity index (χ1) is 4.88. The Morgan fingerprint density at radius 2 is 2.30 bits per heavy atom. The molecule has 58 valence electrons. The van der Waals surface area contributed by atoms with E-state index in [-0.39, 0.29) is 0 Å². The van der Waals surface area contributed by atoms with Crippen LogP contribution < -0.4 is 5.32 Å². The molecular formula is C8H16N2. The Kier molecular flexibility index (Phi) is 2.72. The Morgan fingerprint density at radius 1 is 1.50 bits per heavy atom. The van der Waals surface area contributed by atoms with Gasteiger partial charge in [0.1, 0.15) is 0 Å². The van der Waals surface area contributed by atoms with Crippen molar-refractivity contribution in [2.45, 2.75) is 45.2 Å². The van der Waals surface area contributed by atoms with Crippen LogP contribution in [0.25, 0.3) is 0 Å². The first-order valence-electron chi connectivity index (χ1n) is 4.16. The van der Waals surface area contributed by atoms with Crippen LogP contribution in [0.3, 0.4) is 0 Å². The van der Waals surface area contributed by atoms with Gasteiger partial charge < -0.3 is 5.32 Å². The third-order valence-electron chi connectivity index (χ3n) is 2.04. The average molecular weight is 140 g/mol. The minimum atomic E-state index is 0.551. The Balaban J connectivity index is 2.33. The van der Waals surface area contributed by atoms with Gasteiger partial charge in [0, 0.05) is 6.04 Å². The van der Waals surface area contributed by atoms with Crippen molar-refractivity contribution in [3.63, 3.8) is 0 Å². The maximum absolute atomic E-state index is 4.34. The van der Waals surface area contributed by atoms with Crippen LogP contribution in [0.15, 0.2) is 4.99 Å². The van der Waals surface area contributed by atoms with Crippen molar-refractivity contribution in [3.8, 4) is 0 Å². The Bertz CT molecular complexity index is 120. The van der Waals surface area contributed by atoms with Gasteiger partial charge in [-0.3, -0.25) is 4.99 Å². The number of hydrogen-bond donors (Lipinski definition) is 1. The molecule has 0 amide bonds. The van der Waals surface area contributed by atoms with Gasteiger partial charge in [0.05, 0.1) is 12.4 Å². The fourth-order valence-corrected chi connectivity index (χ4v) is 1.41. The summed E-state index contributed by atoms with van der Waals surface area (Å²) in [5.41, 5.74) is 0. The van der Waals surface area contributed by atoms with E-state index in [1.54, 1.807) is 0 Å². The number of aliphatic imine (C=N–C) groups is 1. The lowest BCUT2D eigenvalue weighted by molar-refractivity contribution is 0.481. The quantitative estimate of drug-likeness (QED) is 0.632. The number of rotatable bonds is 3. The summed E-state index contributed by atoms with van der Waals surface area (Å²) in [6.45, 7) is 4.41. The predicted octanol–water partition coefficient (Wildman–Crippen LogP) is 1.57. The van der Waals surface area contributed by atoms with Crippen LogP contribution in [-0.2, 0) is 0 Å². The minimum absolute atomic E-state index is 0.551. The lowest BCUT2D eigenvalue weighted by Crippen LogP contribution is -2.30. The van der Waals surface area contributed by atoms with E-state index in [0.717, 1.165) is 0 Å². The van der Waals surface area contributed by atoms with Crippen LogP contribution in [0.5, 0.6) is 0 Å². The maximum Gasteiger partial charge on any atom is 0.0831 e. The normalized spacial score (nSPS) is 30.6. The molecule has 0 aromatic carbocycles. The van der Waals surface area contributed by atoms with Gasteiger partial charge in [-0.15, -0.1) is 0 Å². The maximum atomic E-state index is 4.34. The van der Waals surface area contributed by atoms with Gasteiger partial charge in [0.2, 0.25) is 0 Å². The highest BCUT2D eigenvalue weighted by molar-refractivity contribution is 5.58. The van der Waals surface area contributed by atoms with Gasteiger partial charge in [0.25, 0.3) is 0 Å². The minimum Gasteiger partial charge on any atom is -0.372 e. The van der Waals surface area contributed by atoms with E-state index in [4.69, 9.17) is 0 Å². The molecule has 0 spiro atoms. The number of nitrogens with one attached hydrogen (secondary N) is 1. The summed E-state index contributed by atoms with van der Waals surface area (Å²) in [5, 5.41) is 3.25. The lowest BCUT2D eigenvalue weighted by Gasteiger charge is -2.14. The average Bonchev–Trinajstić information content (AvgIpc) is 2.36. The Labute approximate surface area is 62.7 Å². The molecule has 0 aliphatic carbocycles. The highest BCUT2D eigenvalue weighted by Crippen LogP contribution is 2.12. The molecule has 1 aliphatic heterocycles. The molecule has 2 atom stereocenters. The molecule has 2 unspecified atom stereocenters. The number of hydrogen-bond acceptors (Lipinski definition) is 2. The van der Waals surface area contributed by atoms with Gasteiger partial charge in [0.15, 0.2) is 0 Å². The van der Waals surface area contributed by atoms with Crippen molar-refractivity contribution in [3.05, 3.63) is 0 Å². The van der Waals surface area contributed by atoms with Gasteiger partial charge in [-0.2, -0.15) is 0 Å². The standard InChI is InChI=1S/C8H16N2/c1-3-5-8-7(4-2)9-6-10-8/h6-8H,3-5H2,1-2H3,(H,9,10). The first-order valence-corrected chi connectivity index (χ1v) is 4.16. The SMILES string of the molecule is CCCC1N=CNC1CC. The van der Waals surface area contributed by atoms with Crippen molar-refractivity contribution in [1.29, 1.82) is 0 Å². The highest BCUT2D eigenvalue weighted by Gasteiger charge is 2.20. The van der Waals surface area contributed by atoms with Gasteiger partial charge >= 0.3 is 0 Å². The van der Waals surface area contributed by atoms with Crippen LogP contribution in [0.2, 0.25) is 0 Å². The number of nitrogens with zero attached hydrogens (tertiary/aromatic N) is 1. The van der Waals surface area contributed by atoms with Crippen LogP contribution in [0.1, 0.15) is 33.1 Å². The second-order valence-electron chi connectivity index (χ2n) is 2.82. The molecule has 1 rings (SSSR count). The zero-order valence-corrected chi connectivity index (χ0v) is 6.80. The summed E-state index contributed by atoms with van der Waals surface area (Å²) in [6.07, 6.45) is 5.50. The molecule has 2 heteroatoms. The van der Waals surface area contributed by atoms with Crippen molar-refractivity contribution >= 4 is 6.34 Å². The topological polar surface area (TPSA) is 24.4 Å². The molecule has 0 radical (unpaired) electrons. The molecule has 0 aromatic heterocycles. The van der Waals surface area contributed by atoms with Crippen molar-refractivity contribution < 1.29 is 0 Å². The zero-order valence-electron chi connectivity index (χ0n) is 6.80. The van der Waals surface area contributed by atoms with Crippen molar-refractivity contribution in [2.75, 3.05) is 0 Å². The van der Waals surface area contributed by atoms with E-state index in [9.17, 15) is 0 Å². The zero-order chi connectivity index (χ0) is 7.40. The molecule has 1 heterocycles. The summed E-state index contributed by atoms with van der Waals surface area (Å²) < 4.78 is 0. The largest absolute Gasteiger partial charge is 0.372 e. The van der Waals surface area contributed by atoms with Crippen molar-refractivity contribution in [1.82, 2.24) is 5.32 Å². The van der Waals surface area contributed by atoms with Gasteiger partial charge in [-0.25, -0.2) is 0 Å². The summed E-state index contributed by atoms with van der Waals surface area (Å²) in [4.78, 5) is 4.34. The highest BCUT2D eigenvalue weighted by atomic mass is 15.1. The molecule has 0 saturated carbocycles. The second kappa shape index (κ2) is 3.59. The monoisotopic (exact) mass is 140 g/mol. The summed E-state index contributed by atoms with van der Waals surface area (Å²) >= 11 is 0. The fraction of sp³-hybridized carbons (Fsp3) is 0.875. The molecule has 10 heavy (non-hydrogen) atoms. The molecule has 0 fully saturated rings. The van der Waals surface area contributed by atoms with E-state index in [1.165, 1.54) is 19.3 Å². The molecule has 0 aromatic rings. The van der Waals surface area contributed by atoms with E-state index in [0.29, 0.717) is 12.1 Å². The van der Waals surface area contributed by atoms with Gasteiger partial charge in [-0.05, 0) is 12.8 Å².